The van der Waals surface area contributed by atoms with E-state index in [1.54, 1.807) is 5.56 Å². The quantitative estimate of drug-likeness (QED) is 0.810. The highest BCUT2D eigenvalue weighted by atomic mass is 16.3. The van der Waals surface area contributed by atoms with Gasteiger partial charge in [-0.15, -0.1) is 0 Å². The van der Waals surface area contributed by atoms with Crippen molar-refractivity contribution in [3.05, 3.63) is 65.7 Å². The van der Waals surface area contributed by atoms with E-state index in [1.165, 1.54) is 44.1 Å². The predicted molar refractivity (Wildman–Crippen MR) is 92.6 cm³/mol. The van der Waals surface area contributed by atoms with Gasteiger partial charge in [0.1, 0.15) is 5.75 Å². The van der Waals surface area contributed by atoms with Crippen LogP contribution in [0.1, 0.15) is 49.7 Å². The molecule has 0 aliphatic heterocycles. The van der Waals surface area contributed by atoms with Crippen LogP contribution in [0.15, 0.2) is 54.6 Å². The van der Waals surface area contributed by atoms with Gasteiger partial charge in [0.25, 0.3) is 0 Å². The standard InChI is InChI=1S/C22H24O/c23-20-8-6-19(7-9-20)22-13-16-10-17(14-22)12-21(11-16,15-22)18-4-2-1-3-5-18/h1-9,16-17,23H,10-15H2. The van der Waals surface area contributed by atoms with Gasteiger partial charge in [0.2, 0.25) is 0 Å². The number of benzene rings is 2. The summed E-state index contributed by atoms with van der Waals surface area (Å²) < 4.78 is 0. The van der Waals surface area contributed by atoms with Crippen LogP contribution >= 0.6 is 0 Å². The Balaban J connectivity index is 1.61. The lowest BCUT2D eigenvalue weighted by Crippen LogP contribution is -2.55. The second-order valence-corrected chi connectivity index (χ2v) is 8.43. The first kappa shape index (κ1) is 13.7. The monoisotopic (exact) mass is 304 g/mol. The fourth-order valence-electron chi connectivity index (χ4n) is 6.54. The molecule has 2 unspecified atom stereocenters. The fraction of sp³-hybridized carbons (Fsp3) is 0.455. The average molecular weight is 304 g/mol. The molecule has 2 atom stereocenters. The molecule has 2 aromatic carbocycles. The van der Waals surface area contributed by atoms with Gasteiger partial charge < -0.3 is 5.11 Å². The van der Waals surface area contributed by atoms with Crippen molar-refractivity contribution in [2.75, 3.05) is 0 Å². The molecule has 6 rings (SSSR count). The normalized spacial score (nSPS) is 37.9. The Morgan fingerprint density at radius 3 is 1.78 bits per heavy atom. The third-order valence-corrected chi connectivity index (χ3v) is 6.93. The van der Waals surface area contributed by atoms with Gasteiger partial charge in [-0.3, -0.25) is 0 Å². The molecule has 118 valence electrons. The zero-order valence-corrected chi connectivity index (χ0v) is 13.5. The third kappa shape index (κ3) is 1.99. The number of phenols is 1. The summed E-state index contributed by atoms with van der Waals surface area (Å²) in [5.41, 5.74) is 3.76. The third-order valence-electron chi connectivity index (χ3n) is 6.93. The summed E-state index contributed by atoms with van der Waals surface area (Å²) in [4.78, 5) is 0. The molecule has 4 saturated carbocycles. The molecule has 0 aromatic heterocycles. The largest absolute Gasteiger partial charge is 0.508 e. The predicted octanol–water partition coefficient (Wildman–Crippen LogP) is 5.18. The van der Waals surface area contributed by atoms with Gasteiger partial charge in [0.15, 0.2) is 0 Å². The summed E-state index contributed by atoms with van der Waals surface area (Å²) in [7, 11) is 0. The van der Waals surface area contributed by atoms with E-state index in [1.807, 2.05) is 12.1 Å². The van der Waals surface area contributed by atoms with E-state index in [2.05, 4.69) is 42.5 Å². The minimum absolute atomic E-state index is 0.341. The number of aromatic hydroxyl groups is 1. The molecule has 4 aliphatic rings. The Hall–Kier alpha value is -1.76. The van der Waals surface area contributed by atoms with Crippen molar-refractivity contribution in [1.82, 2.24) is 0 Å². The van der Waals surface area contributed by atoms with Crippen LogP contribution in [-0.4, -0.2) is 5.11 Å². The van der Waals surface area contributed by atoms with Crippen LogP contribution in [-0.2, 0) is 10.8 Å². The number of hydrogen-bond acceptors (Lipinski definition) is 1. The highest BCUT2D eigenvalue weighted by molar-refractivity contribution is 5.39. The molecule has 1 N–H and O–H groups in total. The topological polar surface area (TPSA) is 20.2 Å². The minimum atomic E-state index is 0.341. The van der Waals surface area contributed by atoms with E-state index >= 15 is 0 Å². The number of hydrogen-bond donors (Lipinski definition) is 1. The van der Waals surface area contributed by atoms with E-state index in [0.29, 0.717) is 16.6 Å². The van der Waals surface area contributed by atoms with E-state index in [9.17, 15) is 5.11 Å². The molecule has 0 heterocycles. The van der Waals surface area contributed by atoms with E-state index in [-0.39, 0.29) is 0 Å². The van der Waals surface area contributed by atoms with E-state index in [0.717, 1.165) is 11.8 Å². The molecular weight excluding hydrogens is 280 g/mol. The van der Waals surface area contributed by atoms with Gasteiger partial charge in [-0.25, -0.2) is 0 Å². The van der Waals surface area contributed by atoms with Crippen molar-refractivity contribution in [2.24, 2.45) is 11.8 Å². The molecule has 23 heavy (non-hydrogen) atoms. The molecule has 0 radical (unpaired) electrons. The van der Waals surface area contributed by atoms with Gasteiger partial charge >= 0.3 is 0 Å². The molecule has 1 heteroatoms. The van der Waals surface area contributed by atoms with Crippen molar-refractivity contribution in [1.29, 1.82) is 0 Å². The van der Waals surface area contributed by atoms with Crippen LogP contribution in [0.4, 0.5) is 0 Å². The second-order valence-electron chi connectivity index (χ2n) is 8.43. The Morgan fingerprint density at radius 2 is 1.22 bits per heavy atom. The maximum Gasteiger partial charge on any atom is 0.115 e. The van der Waals surface area contributed by atoms with Crippen molar-refractivity contribution < 1.29 is 5.11 Å². The first-order valence-electron chi connectivity index (χ1n) is 9.03. The maximum atomic E-state index is 9.67. The molecule has 2 aromatic rings. The molecular formula is C22H24O. The molecule has 4 bridgehead atoms. The van der Waals surface area contributed by atoms with Crippen LogP contribution in [0.3, 0.4) is 0 Å². The highest BCUT2D eigenvalue weighted by Crippen LogP contribution is 2.66. The summed E-state index contributed by atoms with van der Waals surface area (Å²) in [6.07, 6.45) is 8.20. The maximum absolute atomic E-state index is 9.67. The van der Waals surface area contributed by atoms with Crippen LogP contribution in [0.25, 0.3) is 0 Å². The second kappa shape index (κ2) is 4.63. The lowest BCUT2D eigenvalue weighted by atomic mass is 9.42. The van der Waals surface area contributed by atoms with Crippen LogP contribution in [0.2, 0.25) is 0 Å². The summed E-state index contributed by atoms with van der Waals surface area (Å²) in [5, 5.41) is 9.67. The first-order chi connectivity index (χ1) is 11.2. The molecule has 4 fully saturated rings. The van der Waals surface area contributed by atoms with Gasteiger partial charge in [-0.05, 0) is 84.5 Å². The smallest absolute Gasteiger partial charge is 0.115 e. The number of phenolic OH excluding ortho intramolecular Hbond substituents is 1. The molecule has 0 spiro atoms. The summed E-state index contributed by atoms with van der Waals surface area (Å²) in [6, 6.07) is 19.4. The Morgan fingerprint density at radius 1 is 0.696 bits per heavy atom. The molecule has 4 aliphatic carbocycles. The fourth-order valence-corrected chi connectivity index (χ4v) is 6.54. The summed E-state index contributed by atoms with van der Waals surface area (Å²) >= 11 is 0. The van der Waals surface area contributed by atoms with Crippen molar-refractivity contribution in [2.45, 2.75) is 49.4 Å². The van der Waals surface area contributed by atoms with Gasteiger partial charge in [0, 0.05) is 0 Å². The highest BCUT2D eigenvalue weighted by Gasteiger charge is 2.58. The Bertz CT molecular complexity index is 701. The van der Waals surface area contributed by atoms with Gasteiger partial charge in [-0.1, -0.05) is 42.5 Å². The van der Waals surface area contributed by atoms with E-state index in [4.69, 9.17) is 0 Å². The van der Waals surface area contributed by atoms with Crippen LogP contribution in [0.5, 0.6) is 5.75 Å². The van der Waals surface area contributed by atoms with Gasteiger partial charge in [-0.2, -0.15) is 0 Å². The van der Waals surface area contributed by atoms with Crippen molar-refractivity contribution >= 4 is 0 Å². The molecule has 1 nitrogen and oxygen atoms in total. The van der Waals surface area contributed by atoms with Crippen LogP contribution < -0.4 is 0 Å². The average Bonchev–Trinajstić information content (AvgIpc) is 2.55. The lowest BCUT2D eigenvalue weighted by molar-refractivity contribution is -0.0281. The molecule has 0 amide bonds. The minimum Gasteiger partial charge on any atom is -0.508 e. The van der Waals surface area contributed by atoms with Gasteiger partial charge in [0.05, 0.1) is 0 Å². The van der Waals surface area contributed by atoms with E-state index < -0.39 is 0 Å². The Labute approximate surface area is 138 Å². The molecule has 0 saturated heterocycles. The van der Waals surface area contributed by atoms with Crippen LogP contribution in [0, 0.1) is 11.8 Å². The van der Waals surface area contributed by atoms with Crippen molar-refractivity contribution in [3.8, 4) is 5.75 Å². The number of rotatable bonds is 2. The SMILES string of the molecule is Oc1ccc(C23CC4CC(CC(c5ccccc5)(C4)C2)C3)cc1. The Kier molecular flexibility index (Phi) is 2.75. The summed E-state index contributed by atoms with van der Waals surface area (Å²) in [5.74, 6) is 2.15. The van der Waals surface area contributed by atoms with Crippen molar-refractivity contribution in [3.63, 3.8) is 0 Å². The lowest BCUT2D eigenvalue weighted by Gasteiger charge is -2.62. The zero-order valence-electron chi connectivity index (χ0n) is 13.5. The summed E-state index contributed by atoms with van der Waals surface area (Å²) in [6.45, 7) is 0. The first-order valence-corrected chi connectivity index (χ1v) is 9.03. The zero-order chi connectivity index (χ0) is 15.5.